The Morgan fingerprint density at radius 2 is 1.28 bits per heavy atom. The van der Waals surface area contributed by atoms with Crippen molar-refractivity contribution in [3.8, 4) is 0 Å². The Bertz CT molecular complexity index is 1130. The lowest BCUT2D eigenvalue weighted by Crippen LogP contribution is -2.48. The smallest absolute Gasteiger partial charge is 0.168 e. The average Bonchev–Trinajstić information content (AvgIpc) is 3.24. The molecule has 1 aliphatic heterocycles. The maximum atomic E-state index is 4.79. The molecule has 5 rings (SSSR count). The third kappa shape index (κ3) is 6.97. The van der Waals surface area contributed by atoms with E-state index in [1.54, 1.807) is 11.8 Å². The van der Waals surface area contributed by atoms with E-state index in [2.05, 4.69) is 106 Å². The summed E-state index contributed by atoms with van der Waals surface area (Å²) >= 11 is 1.74. The molecule has 1 aliphatic rings. The van der Waals surface area contributed by atoms with Gasteiger partial charge in [0.2, 0.25) is 0 Å². The van der Waals surface area contributed by atoms with Crippen LogP contribution in [0.25, 0.3) is 11.0 Å². The van der Waals surface area contributed by atoms with Gasteiger partial charge < -0.3 is 9.47 Å². The zero-order chi connectivity index (χ0) is 22.5. The van der Waals surface area contributed by atoms with Crippen LogP contribution < -0.4 is 0 Å². The van der Waals surface area contributed by atoms with Gasteiger partial charge in [0.05, 0.1) is 17.1 Å². The van der Waals surface area contributed by atoms with Crippen LogP contribution in [-0.4, -0.2) is 58.3 Å². The van der Waals surface area contributed by atoms with Gasteiger partial charge in [-0.05, 0) is 42.5 Å². The second-order valence-corrected chi connectivity index (χ2v) is 9.47. The molecule has 0 amide bonds. The summed E-state index contributed by atoms with van der Waals surface area (Å²) in [5.74, 6) is 0. The number of aromatic nitrogens is 2. The zero-order valence-corrected chi connectivity index (χ0v) is 23.8. The zero-order valence-electron chi connectivity index (χ0n) is 20.5. The first kappa shape index (κ1) is 30.5. The van der Waals surface area contributed by atoms with Crippen LogP contribution in [0.2, 0.25) is 0 Å². The SMILES string of the molecule is CSc1nc2ccccc2n1CCCN1CCN(C(c2ccccc2)c2ccccc2)CC1.Cl.Cl.Cl. The molecule has 1 aromatic heterocycles. The lowest BCUT2D eigenvalue weighted by molar-refractivity contribution is 0.107. The Morgan fingerprint density at radius 1 is 0.722 bits per heavy atom. The molecule has 2 heterocycles. The van der Waals surface area contributed by atoms with Crippen LogP contribution in [0.1, 0.15) is 23.6 Å². The molecule has 1 saturated heterocycles. The minimum Gasteiger partial charge on any atom is -0.319 e. The quantitative estimate of drug-likeness (QED) is 0.219. The van der Waals surface area contributed by atoms with Gasteiger partial charge in [0.15, 0.2) is 5.16 Å². The highest BCUT2D eigenvalue weighted by Crippen LogP contribution is 2.29. The third-order valence-corrected chi connectivity index (χ3v) is 7.34. The number of fused-ring (bicyclic) bond motifs is 1. The molecule has 0 unspecified atom stereocenters. The summed E-state index contributed by atoms with van der Waals surface area (Å²) in [6.45, 7) is 6.59. The van der Waals surface area contributed by atoms with Gasteiger partial charge in [-0.25, -0.2) is 4.98 Å². The van der Waals surface area contributed by atoms with Crippen LogP contribution >= 0.6 is 49.0 Å². The van der Waals surface area contributed by atoms with Crippen LogP contribution in [0, 0.1) is 0 Å². The van der Waals surface area contributed by atoms with Gasteiger partial charge in [-0.2, -0.15) is 0 Å². The second kappa shape index (κ2) is 14.9. The van der Waals surface area contributed by atoms with Gasteiger partial charge in [0.1, 0.15) is 0 Å². The number of aryl methyl sites for hydroxylation is 1. The van der Waals surface area contributed by atoms with E-state index in [4.69, 9.17) is 4.98 Å². The molecule has 0 saturated carbocycles. The number of para-hydroxylation sites is 2. The molecule has 0 N–H and O–H groups in total. The van der Waals surface area contributed by atoms with Gasteiger partial charge in [-0.3, -0.25) is 4.90 Å². The summed E-state index contributed by atoms with van der Waals surface area (Å²) in [5.41, 5.74) is 5.12. The fourth-order valence-electron chi connectivity index (χ4n) is 5.01. The van der Waals surface area contributed by atoms with Crippen molar-refractivity contribution >= 4 is 60.0 Å². The maximum Gasteiger partial charge on any atom is 0.168 e. The Balaban J connectivity index is 0.00000152. The summed E-state index contributed by atoms with van der Waals surface area (Å²) in [5, 5.41) is 1.12. The molecule has 0 bridgehead atoms. The number of imidazole rings is 1. The van der Waals surface area contributed by atoms with Crippen molar-refractivity contribution in [3.63, 3.8) is 0 Å². The minimum absolute atomic E-state index is 0. The highest BCUT2D eigenvalue weighted by molar-refractivity contribution is 7.98. The first-order chi connectivity index (χ1) is 16.3. The number of benzene rings is 3. The number of hydrogen-bond acceptors (Lipinski definition) is 4. The molecule has 3 aromatic carbocycles. The second-order valence-electron chi connectivity index (χ2n) is 8.69. The lowest BCUT2D eigenvalue weighted by atomic mass is 9.96. The molecule has 4 nitrogen and oxygen atoms in total. The number of hydrogen-bond donors (Lipinski definition) is 0. The van der Waals surface area contributed by atoms with Crippen molar-refractivity contribution in [2.75, 3.05) is 39.0 Å². The molecule has 0 radical (unpaired) electrons. The van der Waals surface area contributed by atoms with Gasteiger partial charge in [0, 0.05) is 32.7 Å². The molecule has 0 aliphatic carbocycles. The lowest BCUT2D eigenvalue weighted by Gasteiger charge is -2.40. The molecule has 4 aromatic rings. The van der Waals surface area contributed by atoms with E-state index in [1.165, 1.54) is 16.6 Å². The van der Waals surface area contributed by atoms with Crippen molar-refractivity contribution in [2.45, 2.75) is 24.2 Å². The van der Waals surface area contributed by atoms with Crippen LogP contribution in [0.4, 0.5) is 0 Å². The third-order valence-electron chi connectivity index (χ3n) is 6.66. The van der Waals surface area contributed by atoms with E-state index in [1.807, 2.05) is 0 Å². The first-order valence-corrected chi connectivity index (χ1v) is 13.1. The topological polar surface area (TPSA) is 24.3 Å². The number of rotatable bonds is 8. The van der Waals surface area contributed by atoms with Crippen molar-refractivity contribution in [1.29, 1.82) is 0 Å². The van der Waals surface area contributed by atoms with E-state index in [9.17, 15) is 0 Å². The van der Waals surface area contributed by atoms with Gasteiger partial charge in [-0.15, -0.1) is 37.2 Å². The highest BCUT2D eigenvalue weighted by atomic mass is 35.5. The average molecular weight is 566 g/mol. The first-order valence-electron chi connectivity index (χ1n) is 11.9. The highest BCUT2D eigenvalue weighted by Gasteiger charge is 2.26. The van der Waals surface area contributed by atoms with Gasteiger partial charge in [0.25, 0.3) is 0 Å². The fraction of sp³-hybridized carbons (Fsp3) is 0.321. The molecule has 1 fully saturated rings. The minimum atomic E-state index is 0. The van der Waals surface area contributed by atoms with Gasteiger partial charge in [-0.1, -0.05) is 84.6 Å². The number of nitrogens with zero attached hydrogens (tertiary/aromatic N) is 4. The van der Waals surface area contributed by atoms with E-state index >= 15 is 0 Å². The van der Waals surface area contributed by atoms with Crippen LogP contribution in [-0.2, 0) is 6.54 Å². The normalized spacial score (nSPS) is 14.2. The predicted molar refractivity (Wildman–Crippen MR) is 161 cm³/mol. The summed E-state index contributed by atoms with van der Waals surface area (Å²) in [7, 11) is 0. The van der Waals surface area contributed by atoms with E-state index in [0.717, 1.165) is 56.4 Å². The summed E-state index contributed by atoms with van der Waals surface area (Å²) in [6.07, 6.45) is 3.27. The Hall–Kier alpha value is -1.73. The van der Waals surface area contributed by atoms with Crippen molar-refractivity contribution < 1.29 is 0 Å². The van der Waals surface area contributed by atoms with Crippen LogP contribution in [0.15, 0.2) is 90.1 Å². The Morgan fingerprint density at radius 3 is 1.86 bits per heavy atom. The monoisotopic (exact) mass is 564 g/mol. The molecule has 0 atom stereocenters. The number of halogens is 3. The standard InChI is InChI=1S/C28H32N4S.3ClH/c1-33-28-29-25-15-8-9-16-26(25)32(28)18-10-17-30-19-21-31(22-20-30)27(23-11-4-2-5-12-23)24-13-6-3-7-14-24;;;/h2-9,11-16,27H,10,17-22H2,1H3;3*1H. The van der Waals surface area contributed by atoms with E-state index < -0.39 is 0 Å². The number of piperazine rings is 1. The van der Waals surface area contributed by atoms with Crippen LogP contribution in [0.5, 0.6) is 0 Å². The molecular formula is C28H35Cl3N4S. The predicted octanol–water partition coefficient (Wildman–Crippen LogP) is 6.82. The van der Waals surface area contributed by atoms with E-state index in [0.29, 0.717) is 6.04 Å². The van der Waals surface area contributed by atoms with Crippen molar-refractivity contribution in [2.24, 2.45) is 0 Å². The molecule has 0 spiro atoms. The van der Waals surface area contributed by atoms with E-state index in [-0.39, 0.29) is 37.2 Å². The van der Waals surface area contributed by atoms with Crippen molar-refractivity contribution in [1.82, 2.24) is 19.4 Å². The Labute approximate surface area is 237 Å². The fourth-order valence-corrected chi connectivity index (χ4v) is 5.61. The Kier molecular flexibility index (Phi) is 12.6. The molecule has 194 valence electrons. The van der Waals surface area contributed by atoms with Crippen molar-refractivity contribution in [3.05, 3.63) is 96.1 Å². The van der Waals surface area contributed by atoms with Crippen LogP contribution in [0.3, 0.4) is 0 Å². The molecule has 8 heteroatoms. The molecule has 36 heavy (non-hydrogen) atoms. The number of thioether (sulfide) groups is 1. The largest absolute Gasteiger partial charge is 0.319 e. The summed E-state index contributed by atoms with van der Waals surface area (Å²) < 4.78 is 2.39. The summed E-state index contributed by atoms with van der Waals surface area (Å²) in [6, 6.07) is 30.7. The molecular weight excluding hydrogens is 531 g/mol. The maximum absolute atomic E-state index is 4.79. The van der Waals surface area contributed by atoms with Gasteiger partial charge >= 0.3 is 0 Å². The summed E-state index contributed by atoms with van der Waals surface area (Å²) in [4.78, 5) is 10.1.